The molecule has 1 heterocycles. The molecular weight excluding hydrogens is 286 g/mol. The van der Waals surface area contributed by atoms with Crippen LogP contribution in [0.15, 0.2) is 36.4 Å². The van der Waals surface area contributed by atoms with Crippen molar-refractivity contribution in [3.8, 4) is 0 Å². The van der Waals surface area contributed by atoms with E-state index in [1.54, 1.807) is 0 Å². The molecule has 3 rings (SSSR count). The van der Waals surface area contributed by atoms with Gasteiger partial charge in [0.2, 0.25) is 5.91 Å². The van der Waals surface area contributed by atoms with E-state index in [1.807, 2.05) is 24.3 Å². The van der Waals surface area contributed by atoms with E-state index in [2.05, 4.69) is 41.3 Å². The molecule has 0 bridgehead atoms. The van der Waals surface area contributed by atoms with Gasteiger partial charge >= 0.3 is 0 Å². The van der Waals surface area contributed by atoms with Crippen LogP contribution in [0.3, 0.4) is 0 Å². The Hall–Kier alpha value is -2.10. The molecule has 4 nitrogen and oxygen atoms in total. The lowest BCUT2D eigenvalue weighted by molar-refractivity contribution is -0.122. The van der Waals surface area contributed by atoms with Gasteiger partial charge in [0.25, 0.3) is 0 Å². The second-order valence-electron chi connectivity index (χ2n) is 6.86. The van der Waals surface area contributed by atoms with Crippen molar-refractivity contribution in [1.82, 2.24) is 15.3 Å². The fourth-order valence-electron chi connectivity index (χ4n) is 3.20. The minimum Gasteiger partial charge on any atom is -0.346 e. The maximum atomic E-state index is 12.4. The average molecular weight is 311 g/mol. The number of benzene rings is 1. The van der Waals surface area contributed by atoms with Crippen molar-refractivity contribution in [3.63, 3.8) is 0 Å². The first-order chi connectivity index (χ1) is 11.1. The molecule has 2 aromatic rings. The van der Waals surface area contributed by atoms with E-state index in [1.165, 1.54) is 0 Å². The minimum atomic E-state index is -0.0553. The van der Waals surface area contributed by atoms with Crippen LogP contribution in [0.2, 0.25) is 0 Å². The van der Waals surface area contributed by atoms with E-state index in [4.69, 9.17) is 0 Å². The van der Waals surface area contributed by atoms with E-state index >= 15 is 0 Å². The molecule has 122 valence electrons. The third-order valence-corrected chi connectivity index (χ3v) is 4.34. The molecule has 1 amide bonds. The molecule has 4 heteroatoms. The van der Waals surface area contributed by atoms with Gasteiger partial charge in [-0.1, -0.05) is 38.1 Å². The monoisotopic (exact) mass is 311 g/mol. The number of aromatic amines is 1. The molecule has 0 radical (unpaired) electrons. The molecule has 1 aliphatic carbocycles. The Balaban J connectivity index is 1.73. The zero-order valence-electron chi connectivity index (χ0n) is 13.9. The van der Waals surface area contributed by atoms with Crippen LogP contribution in [0.5, 0.6) is 0 Å². The quantitative estimate of drug-likeness (QED) is 0.788. The molecule has 0 unspecified atom stereocenters. The first-order valence-electron chi connectivity index (χ1n) is 8.52. The Kier molecular flexibility index (Phi) is 4.79. The third kappa shape index (κ3) is 4.01. The zero-order valence-corrected chi connectivity index (χ0v) is 13.9. The normalized spacial score (nSPS) is 18.7. The summed E-state index contributed by atoms with van der Waals surface area (Å²) in [4.78, 5) is 20.4. The molecule has 0 spiro atoms. The molecule has 0 saturated carbocycles. The fourth-order valence-corrected chi connectivity index (χ4v) is 3.20. The predicted molar refractivity (Wildman–Crippen MR) is 92.9 cm³/mol. The van der Waals surface area contributed by atoms with Crippen LogP contribution in [0.4, 0.5) is 0 Å². The summed E-state index contributed by atoms with van der Waals surface area (Å²) in [5.41, 5.74) is 1.97. The van der Waals surface area contributed by atoms with E-state index in [9.17, 15) is 4.79 Å². The fraction of sp³-hybridized carbons (Fsp3) is 0.474. The number of allylic oxidation sites excluding steroid dienone is 2. The highest BCUT2D eigenvalue weighted by Gasteiger charge is 2.21. The van der Waals surface area contributed by atoms with Crippen LogP contribution in [0.1, 0.15) is 51.4 Å². The largest absolute Gasteiger partial charge is 0.346 e. The summed E-state index contributed by atoms with van der Waals surface area (Å²) in [6.07, 6.45) is 7.97. The van der Waals surface area contributed by atoms with Gasteiger partial charge in [0.05, 0.1) is 17.1 Å². The van der Waals surface area contributed by atoms with Gasteiger partial charge in [0.1, 0.15) is 5.82 Å². The van der Waals surface area contributed by atoms with Gasteiger partial charge in [-0.15, -0.1) is 0 Å². The number of imidazole rings is 1. The lowest BCUT2D eigenvalue weighted by Crippen LogP contribution is -2.31. The van der Waals surface area contributed by atoms with E-state index in [0.29, 0.717) is 18.3 Å². The van der Waals surface area contributed by atoms with Gasteiger partial charge in [-0.05, 0) is 43.2 Å². The van der Waals surface area contributed by atoms with Gasteiger partial charge in [0.15, 0.2) is 0 Å². The number of amides is 1. The Morgan fingerprint density at radius 1 is 1.39 bits per heavy atom. The molecule has 1 aliphatic rings. The second-order valence-corrected chi connectivity index (χ2v) is 6.86. The van der Waals surface area contributed by atoms with Gasteiger partial charge in [-0.3, -0.25) is 4.79 Å². The number of aromatic nitrogens is 2. The molecular formula is C19H25N3O. The number of para-hydroxylation sites is 2. The lowest BCUT2D eigenvalue weighted by Gasteiger charge is -2.19. The standard InChI is InChI=1S/C19H25N3O/c1-13(2)11-17(20-18(23)12-14-7-3-4-8-14)19-21-15-9-5-6-10-16(15)22-19/h3,5-7,9-10,13-14,17H,4,8,11-12H2,1-2H3,(H,20,23)(H,21,22)/t14-,17+/m0/s1. The average Bonchev–Trinajstić information content (AvgIpc) is 3.14. The highest BCUT2D eigenvalue weighted by Crippen LogP contribution is 2.24. The summed E-state index contributed by atoms with van der Waals surface area (Å²) >= 11 is 0. The molecule has 23 heavy (non-hydrogen) atoms. The van der Waals surface area contributed by atoms with Gasteiger partial charge < -0.3 is 10.3 Å². The van der Waals surface area contributed by atoms with Crippen molar-refractivity contribution in [2.24, 2.45) is 11.8 Å². The summed E-state index contributed by atoms with van der Waals surface area (Å²) < 4.78 is 0. The maximum Gasteiger partial charge on any atom is 0.221 e. The summed E-state index contributed by atoms with van der Waals surface area (Å²) in [6.45, 7) is 4.34. The highest BCUT2D eigenvalue weighted by molar-refractivity contribution is 5.78. The molecule has 2 atom stereocenters. The van der Waals surface area contributed by atoms with Crippen LogP contribution in [0.25, 0.3) is 11.0 Å². The van der Waals surface area contributed by atoms with Gasteiger partial charge in [0, 0.05) is 6.42 Å². The number of carbonyl (C=O) groups excluding carboxylic acids is 1. The van der Waals surface area contributed by atoms with Crippen LogP contribution >= 0.6 is 0 Å². The van der Waals surface area contributed by atoms with E-state index < -0.39 is 0 Å². The van der Waals surface area contributed by atoms with Crippen molar-refractivity contribution in [3.05, 3.63) is 42.2 Å². The van der Waals surface area contributed by atoms with Crippen molar-refractivity contribution in [1.29, 1.82) is 0 Å². The number of carbonyl (C=O) groups is 1. The van der Waals surface area contributed by atoms with E-state index in [0.717, 1.165) is 36.1 Å². The summed E-state index contributed by atoms with van der Waals surface area (Å²) in [5.74, 6) is 1.85. The number of H-pyrrole nitrogens is 1. The number of rotatable bonds is 6. The second kappa shape index (κ2) is 6.99. The SMILES string of the molecule is CC(C)C[C@@H](NC(=O)C[C@H]1C=CCC1)c1nc2ccccc2[nH]1. The number of nitrogens with one attached hydrogen (secondary N) is 2. The number of nitrogens with zero attached hydrogens (tertiary/aromatic N) is 1. The first kappa shape index (κ1) is 15.8. The predicted octanol–water partition coefficient (Wildman–Crippen LogP) is 4.12. The van der Waals surface area contributed by atoms with Crippen molar-refractivity contribution in [2.45, 2.75) is 45.6 Å². The maximum absolute atomic E-state index is 12.4. The molecule has 1 aromatic carbocycles. The van der Waals surface area contributed by atoms with Gasteiger partial charge in [-0.2, -0.15) is 0 Å². The molecule has 2 N–H and O–H groups in total. The number of hydrogen-bond acceptors (Lipinski definition) is 2. The van der Waals surface area contributed by atoms with Crippen molar-refractivity contribution >= 4 is 16.9 Å². The topological polar surface area (TPSA) is 57.8 Å². The smallest absolute Gasteiger partial charge is 0.221 e. The van der Waals surface area contributed by atoms with Crippen LogP contribution in [-0.2, 0) is 4.79 Å². The van der Waals surface area contributed by atoms with Crippen molar-refractivity contribution < 1.29 is 4.79 Å². The Morgan fingerprint density at radius 2 is 2.22 bits per heavy atom. The Bertz CT molecular complexity index is 668. The Labute approximate surface area is 137 Å². The van der Waals surface area contributed by atoms with Crippen molar-refractivity contribution in [2.75, 3.05) is 0 Å². The Morgan fingerprint density at radius 3 is 2.91 bits per heavy atom. The minimum absolute atomic E-state index is 0.0553. The molecule has 0 saturated heterocycles. The lowest BCUT2D eigenvalue weighted by atomic mass is 10.0. The van der Waals surface area contributed by atoms with E-state index in [-0.39, 0.29) is 11.9 Å². The number of hydrogen-bond donors (Lipinski definition) is 2. The van der Waals surface area contributed by atoms with Crippen LogP contribution < -0.4 is 5.32 Å². The highest BCUT2D eigenvalue weighted by atomic mass is 16.1. The van der Waals surface area contributed by atoms with Gasteiger partial charge in [-0.25, -0.2) is 4.98 Å². The summed E-state index contributed by atoms with van der Waals surface area (Å²) in [7, 11) is 0. The zero-order chi connectivity index (χ0) is 16.2. The van der Waals surface area contributed by atoms with Crippen LogP contribution in [-0.4, -0.2) is 15.9 Å². The number of fused-ring (bicyclic) bond motifs is 1. The molecule has 1 aromatic heterocycles. The first-order valence-corrected chi connectivity index (χ1v) is 8.52. The van der Waals surface area contributed by atoms with Crippen LogP contribution in [0, 0.1) is 11.8 Å². The summed E-state index contributed by atoms with van der Waals surface area (Å²) in [5, 5.41) is 3.19. The molecule has 0 aliphatic heterocycles. The third-order valence-electron chi connectivity index (χ3n) is 4.34. The molecule has 0 fully saturated rings. The summed E-state index contributed by atoms with van der Waals surface area (Å²) in [6, 6.07) is 7.93.